The van der Waals surface area contributed by atoms with Crippen LogP contribution < -0.4 is 4.90 Å². The Morgan fingerprint density at radius 2 is 1.76 bits per heavy atom. The first kappa shape index (κ1) is 15.6. The molecular formula is C19H21N5O. The zero-order valence-corrected chi connectivity index (χ0v) is 14.5. The fourth-order valence-corrected chi connectivity index (χ4v) is 3.55. The van der Waals surface area contributed by atoms with Crippen molar-refractivity contribution in [3.63, 3.8) is 0 Å². The molecule has 0 radical (unpaired) electrons. The smallest absolute Gasteiger partial charge is 0.270 e. The molecule has 1 aromatic carbocycles. The number of para-hydroxylation sites is 1. The Morgan fingerprint density at radius 3 is 2.44 bits per heavy atom. The molecule has 2 aromatic heterocycles. The van der Waals surface area contributed by atoms with E-state index in [-0.39, 0.29) is 5.91 Å². The highest BCUT2D eigenvalue weighted by Gasteiger charge is 2.25. The van der Waals surface area contributed by atoms with E-state index in [1.54, 1.807) is 12.4 Å². The summed E-state index contributed by atoms with van der Waals surface area (Å²) in [5, 5.41) is 1.11. The van der Waals surface area contributed by atoms with Gasteiger partial charge in [-0.25, -0.2) is 9.97 Å². The summed E-state index contributed by atoms with van der Waals surface area (Å²) < 4.78 is 2.01. The van der Waals surface area contributed by atoms with Gasteiger partial charge in [-0.1, -0.05) is 18.2 Å². The number of benzene rings is 1. The van der Waals surface area contributed by atoms with Crippen LogP contribution in [0.25, 0.3) is 10.9 Å². The van der Waals surface area contributed by atoms with Gasteiger partial charge in [-0.3, -0.25) is 4.79 Å². The molecule has 0 unspecified atom stereocenters. The van der Waals surface area contributed by atoms with Gasteiger partial charge in [0.15, 0.2) is 0 Å². The van der Waals surface area contributed by atoms with Crippen molar-refractivity contribution >= 4 is 22.8 Å². The normalized spacial score (nSPS) is 15.0. The molecule has 0 aliphatic carbocycles. The molecule has 6 nitrogen and oxygen atoms in total. The van der Waals surface area contributed by atoms with Gasteiger partial charge < -0.3 is 14.4 Å². The number of carbonyl (C=O) groups excluding carboxylic acids is 1. The molecule has 1 aliphatic heterocycles. The fraction of sp³-hybridized carbons (Fsp3) is 0.316. The molecule has 1 amide bonds. The number of anilines is 1. The highest BCUT2D eigenvalue weighted by molar-refractivity contribution is 5.99. The minimum atomic E-state index is 0.0896. The maximum Gasteiger partial charge on any atom is 0.270 e. The quantitative estimate of drug-likeness (QED) is 0.721. The van der Waals surface area contributed by atoms with Gasteiger partial charge in [0.05, 0.1) is 5.52 Å². The third-order valence-corrected chi connectivity index (χ3v) is 4.88. The van der Waals surface area contributed by atoms with Crippen molar-refractivity contribution in [1.82, 2.24) is 19.4 Å². The molecule has 128 valence electrons. The van der Waals surface area contributed by atoms with E-state index in [4.69, 9.17) is 0 Å². The molecule has 1 fully saturated rings. The monoisotopic (exact) mass is 335 g/mol. The van der Waals surface area contributed by atoms with Gasteiger partial charge in [0, 0.05) is 51.0 Å². The van der Waals surface area contributed by atoms with E-state index >= 15 is 0 Å². The topological polar surface area (TPSA) is 54.3 Å². The van der Waals surface area contributed by atoms with Crippen LogP contribution in [0.1, 0.15) is 16.1 Å². The minimum absolute atomic E-state index is 0.0896. The van der Waals surface area contributed by atoms with Crippen molar-refractivity contribution in [1.29, 1.82) is 0 Å². The van der Waals surface area contributed by atoms with E-state index in [9.17, 15) is 4.79 Å². The molecule has 0 bridgehead atoms. The van der Waals surface area contributed by atoms with Crippen LogP contribution in [-0.2, 0) is 7.05 Å². The number of aromatic nitrogens is 3. The first-order valence-electron chi connectivity index (χ1n) is 8.51. The van der Waals surface area contributed by atoms with Crippen LogP contribution in [0, 0.1) is 6.92 Å². The number of nitrogens with zero attached hydrogens (tertiary/aromatic N) is 5. The van der Waals surface area contributed by atoms with Crippen molar-refractivity contribution < 1.29 is 4.79 Å². The number of piperazine rings is 1. The Kier molecular flexibility index (Phi) is 3.87. The summed E-state index contributed by atoms with van der Waals surface area (Å²) in [5.74, 6) is 0.821. The lowest BCUT2D eigenvalue weighted by Gasteiger charge is -2.34. The van der Waals surface area contributed by atoms with Crippen LogP contribution in [-0.4, -0.2) is 51.5 Å². The van der Waals surface area contributed by atoms with Crippen LogP contribution in [0.2, 0.25) is 0 Å². The Balaban J connectivity index is 1.53. The number of carbonyl (C=O) groups is 1. The molecular weight excluding hydrogens is 314 g/mol. The van der Waals surface area contributed by atoms with Crippen molar-refractivity contribution in [2.24, 2.45) is 7.05 Å². The summed E-state index contributed by atoms with van der Waals surface area (Å²) in [5.41, 5.74) is 3.06. The predicted octanol–water partition coefficient (Wildman–Crippen LogP) is 2.24. The number of hydrogen-bond donors (Lipinski definition) is 0. The molecule has 0 N–H and O–H groups in total. The summed E-state index contributed by atoms with van der Waals surface area (Å²) in [7, 11) is 1.97. The zero-order chi connectivity index (χ0) is 17.4. The minimum Gasteiger partial charge on any atom is -0.339 e. The third kappa shape index (κ3) is 2.73. The summed E-state index contributed by atoms with van der Waals surface area (Å²) >= 11 is 0. The average molecular weight is 335 g/mol. The average Bonchev–Trinajstić information content (AvgIpc) is 3.00. The largest absolute Gasteiger partial charge is 0.339 e. The summed E-state index contributed by atoms with van der Waals surface area (Å²) in [4.78, 5) is 25.6. The lowest BCUT2D eigenvalue weighted by atomic mass is 10.2. The maximum absolute atomic E-state index is 13.0. The SMILES string of the molecule is Cc1cccc2cc(C(=O)N3CCN(c4ncccn4)CC3)n(C)c12. The Hall–Kier alpha value is -2.89. The highest BCUT2D eigenvalue weighted by Crippen LogP contribution is 2.23. The van der Waals surface area contributed by atoms with Crippen LogP contribution in [0.5, 0.6) is 0 Å². The van der Waals surface area contributed by atoms with Crippen LogP contribution in [0.15, 0.2) is 42.7 Å². The van der Waals surface area contributed by atoms with Gasteiger partial charge in [-0.05, 0) is 24.6 Å². The van der Waals surface area contributed by atoms with Gasteiger partial charge in [0.2, 0.25) is 5.95 Å². The van der Waals surface area contributed by atoms with E-state index in [1.165, 1.54) is 5.56 Å². The number of amides is 1. The summed E-state index contributed by atoms with van der Waals surface area (Å²) in [6.45, 7) is 4.93. The Labute approximate surface area is 146 Å². The number of fused-ring (bicyclic) bond motifs is 1. The molecule has 25 heavy (non-hydrogen) atoms. The predicted molar refractivity (Wildman–Crippen MR) is 97.8 cm³/mol. The van der Waals surface area contributed by atoms with E-state index < -0.39 is 0 Å². The zero-order valence-electron chi connectivity index (χ0n) is 14.5. The molecule has 1 aliphatic rings. The van der Waals surface area contributed by atoms with E-state index in [0.717, 1.165) is 35.6 Å². The second-order valence-electron chi connectivity index (χ2n) is 6.43. The fourth-order valence-electron chi connectivity index (χ4n) is 3.55. The number of aryl methyl sites for hydroxylation is 2. The van der Waals surface area contributed by atoms with E-state index in [0.29, 0.717) is 13.1 Å². The Bertz CT molecular complexity index is 910. The molecule has 0 saturated carbocycles. The van der Waals surface area contributed by atoms with Gasteiger partial charge in [-0.15, -0.1) is 0 Å². The molecule has 0 atom stereocenters. The maximum atomic E-state index is 13.0. The second kappa shape index (κ2) is 6.20. The molecule has 3 heterocycles. The number of rotatable bonds is 2. The highest BCUT2D eigenvalue weighted by atomic mass is 16.2. The third-order valence-electron chi connectivity index (χ3n) is 4.88. The van der Waals surface area contributed by atoms with Gasteiger partial charge in [0.25, 0.3) is 5.91 Å². The van der Waals surface area contributed by atoms with Gasteiger partial charge in [0.1, 0.15) is 5.69 Å². The first-order valence-corrected chi connectivity index (χ1v) is 8.51. The van der Waals surface area contributed by atoms with Crippen LogP contribution in [0.4, 0.5) is 5.95 Å². The Morgan fingerprint density at radius 1 is 1.04 bits per heavy atom. The summed E-state index contributed by atoms with van der Waals surface area (Å²) in [6.07, 6.45) is 3.50. The molecule has 1 saturated heterocycles. The second-order valence-corrected chi connectivity index (χ2v) is 6.43. The first-order chi connectivity index (χ1) is 12.1. The lowest BCUT2D eigenvalue weighted by molar-refractivity contribution is 0.0737. The van der Waals surface area contributed by atoms with Crippen LogP contribution >= 0.6 is 0 Å². The lowest BCUT2D eigenvalue weighted by Crippen LogP contribution is -2.49. The van der Waals surface area contributed by atoms with E-state index in [1.807, 2.05) is 34.7 Å². The molecule has 6 heteroatoms. The van der Waals surface area contributed by atoms with Crippen LogP contribution in [0.3, 0.4) is 0 Å². The molecule has 4 rings (SSSR count). The summed E-state index contributed by atoms with van der Waals surface area (Å²) in [6, 6.07) is 9.98. The van der Waals surface area contributed by atoms with E-state index in [2.05, 4.69) is 33.9 Å². The molecule has 0 spiro atoms. The standard InChI is InChI=1S/C19H21N5O/c1-14-5-3-6-15-13-16(22(2)17(14)15)18(25)23-9-11-24(12-10-23)19-20-7-4-8-21-19/h3-8,13H,9-12H2,1-2H3. The van der Waals surface area contributed by atoms with Crippen molar-refractivity contribution in [2.75, 3.05) is 31.1 Å². The van der Waals surface area contributed by atoms with Crippen molar-refractivity contribution in [3.05, 3.63) is 54.0 Å². The number of hydrogen-bond acceptors (Lipinski definition) is 4. The van der Waals surface area contributed by atoms with Crippen molar-refractivity contribution in [3.8, 4) is 0 Å². The van der Waals surface area contributed by atoms with Crippen molar-refractivity contribution in [2.45, 2.75) is 6.92 Å². The molecule has 3 aromatic rings. The van der Waals surface area contributed by atoms with Gasteiger partial charge in [-0.2, -0.15) is 0 Å². The van der Waals surface area contributed by atoms with Gasteiger partial charge >= 0.3 is 0 Å².